The molecular formula is C13H21FN2. The Balaban J connectivity index is 2.93. The lowest BCUT2D eigenvalue weighted by molar-refractivity contribution is 0.615. The second-order valence-electron chi connectivity index (χ2n) is 3.95. The number of para-hydroxylation sites is 1. The average molecular weight is 224 g/mol. The molecule has 0 spiro atoms. The summed E-state index contributed by atoms with van der Waals surface area (Å²) in [6.45, 7) is 6.64. The van der Waals surface area contributed by atoms with E-state index in [2.05, 4.69) is 19.2 Å². The first kappa shape index (κ1) is 13.0. The van der Waals surface area contributed by atoms with Crippen molar-refractivity contribution in [1.82, 2.24) is 5.32 Å². The molecule has 1 rings (SSSR count). The molecule has 16 heavy (non-hydrogen) atoms. The lowest BCUT2D eigenvalue weighted by Gasteiger charge is -2.22. The number of rotatable bonds is 6. The zero-order chi connectivity index (χ0) is 12.0. The molecule has 1 N–H and O–H groups in total. The van der Waals surface area contributed by atoms with Crippen LogP contribution in [-0.4, -0.2) is 20.1 Å². The van der Waals surface area contributed by atoms with Gasteiger partial charge in [0.2, 0.25) is 0 Å². The van der Waals surface area contributed by atoms with Crippen LogP contribution in [0.3, 0.4) is 0 Å². The van der Waals surface area contributed by atoms with Crippen LogP contribution in [-0.2, 0) is 6.54 Å². The minimum absolute atomic E-state index is 0.133. The van der Waals surface area contributed by atoms with E-state index >= 15 is 0 Å². The first-order valence-electron chi connectivity index (χ1n) is 5.89. The summed E-state index contributed by atoms with van der Waals surface area (Å²) in [6, 6.07) is 5.27. The summed E-state index contributed by atoms with van der Waals surface area (Å²) in [5.41, 5.74) is 1.75. The normalized spacial score (nSPS) is 10.5. The summed E-state index contributed by atoms with van der Waals surface area (Å²) in [5.74, 6) is -0.133. The van der Waals surface area contributed by atoms with Crippen LogP contribution in [0.5, 0.6) is 0 Å². The van der Waals surface area contributed by atoms with Crippen LogP contribution in [0, 0.1) is 5.82 Å². The number of hydrogen-bond donors (Lipinski definition) is 1. The molecule has 0 aliphatic carbocycles. The third-order valence-corrected chi connectivity index (χ3v) is 2.58. The second kappa shape index (κ2) is 6.48. The summed E-state index contributed by atoms with van der Waals surface area (Å²) < 4.78 is 13.8. The van der Waals surface area contributed by atoms with Crippen molar-refractivity contribution in [2.75, 3.05) is 25.0 Å². The molecule has 1 aromatic rings. The smallest absolute Gasteiger partial charge is 0.146 e. The number of halogens is 1. The molecule has 0 radical (unpaired) electrons. The molecule has 1 aromatic carbocycles. The van der Waals surface area contributed by atoms with Gasteiger partial charge in [0.05, 0.1) is 5.69 Å². The molecule has 0 bridgehead atoms. The van der Waals surface area contributed by atoms with Gasteiger partial charge in [0.1, 0.15) is 5.82 Å². The molecule has 0 aromatic heterocycles. The summed E-state index contributed by atoms with van der Waals surface area (Å²) in [4.78, 5) is 1.99. The molecule has 0 atom stereocenters. The van der Waals surface area contributed by atoms with E-state index in [4.69, 9.17) is 0 Å². The number of hydrogen-bond acceptors (Lipinski definition) is 2. The summed E-state index contributed by atoms with van der Waals surface area (Å²) in [6.07, 6.45) is 1.02. The summed E-state index contributed by atoms with van der Waals surface area (Å²) in [5, 5.41) is 3.24. The van der Waals surface area contributed by atoms with Crippen molar-refractivity contribution < 1.29 is 4.39 Å². The molecular weight excluding hydrogens is 203 g/mol. The van der Waals surface area contributed by atoms with Crippen molar-refractivity contribution >= 4 is 5.69 Å². The van der Waals surface area contributed by atoms with Crippen LogP contribution in [0.25, 0.3) is 0 Å². The molecule has 0 unspecified atom stereocenters. The fraction of sp³-hybridized carbons (Fsp3) is 0.538. The fourth-order valence-corrected chi connectivity index (χ4v) is 1.84. The highest BCUT2D eigenvalue weighted by Crippen LogP contribution is 2.23. The minimum atomic E-state index is -0.133. The maximum Gasteiger partial charge on any atom is 0.146 e. The van der Waals surface area contributed by atoms with Crippen molar-refractivity contribution in [3.8, 4) is 0 Å². The van der Waals surface area contributed by atoms with E-state index in [9.17, 15) is 4.39 Å². The lowest BCUT2D eigenvalue weighted by atomic mass is 10.1. The van der Waals surface area contributed by atoms with E-state index in [1.807, 2.05) is 18.0 Å². The zero-order valence-electron chi connectivity index (χ0n) is 10.4. The Morgan fingerprint density at radius 3 is 2.69 bits per heavy atom. The largest absolute Gasteiger partial charge is 0.372 e. The van der Waals surface area contributed by atoms with Crippen LogP contribution in [0.15, 0.2) is 18.2 Å². The average Bonchev–Trinajstić information content (AvgIpc) is 2.26. The molecule has 3 heteroatoms. The highest BCUT2D eigenvalue weighted by atomic mass is 19.1. The van der Waals surface area contributed by atoms with Gasteiger partial charge in [-0.15, -0.1) is 0 Å². The molecule has 0 saturated carbocycles. The second-order valence-corrected chi connectivity index (χ2v) is 3.95. The van der Waals surface area contributed by atoms with Crippen LogP contribution < -0.4 is 10.2 Å². The first-order valence-corrected chi connectivity index (χ1v) is 5.89. The first-order chi connectivity index (χ1) is 7.70. The Morgan fingerprint density at radius 1 is 1.31 bits per heavy atom. The maximum absolute atomic E-state index is 13.8. The molecule has 0 saturated heterocycles. The predicted octanol–water partition coefficient (Wildman–Crippen LogP) is 2.78. The van der Waals surface area contributed by atoms with Gasteiger partial charge < -0.3 is 10.2 Å². The van der Waals surface area contributed by atoms with Crippen LogP contribution in [0.1, 0.15) is 25.8 Å². The van der Waals surface area contributed by atoms with Gasteiger partial charge in [-0.1, -0.05) is 26.0 Å². The highest BCUT2D eigenvalue weighted by molar-refractivity contribution is 5.54. The van der Waals surface area contributed by atoms with E-state index in [1.54, 1.807) is 6.07 Å². The fourth-order valence-electron chi connectivity index (χ4n) is 1.84. The Morgan fingerprint density at radius 2 is 2.06 bits per heavy atom. The maximum atomic E-state index is 13.8. The Bertz CT molecular complexity index is 326. The van der Waals surface area contributed by atoms with Gasteiger partial charge in [-0.2, -0.15) is 0 Å². The Kier molecular flexibility index (Phi) is 5.26. The molecule has 2 nitrogen and oxygen atoms in total. The molecule has 0 fully saturated rings. The standard InChI is InChI=1S/C13H21FN2/c1-4-9-16(3)13-11(10-15-5-2)7-6-8-12(13)14/h6-8,15H,4-5,9-10H2,1-3H3. The number of anilines is 1. The lowest BCUT2D eigenvalue weighted by Crippen LogP contribution is -2.22. The van der Waals surface area contributed by atoms with Crippen LogP contribution in [0.2, 0.25) is 0 Å². The zero-order valence-corrected chi connectivity index (χ0v) is 10.4. The van der Waals surface area contributed by atoms with E-state index in [0.717, 1.165) is 37.3 Å². The third kappa shape index (κ3) is 3.20. The van der Waals surface area contributed by atoms with Gasteiger partial charge in [-0.05, 0) is 24.6 Å². The van der Waals surface area contributed by atoms with Crippen molar-refractivity contribution in [2.45, 2.75) is 26.8 Å². The SMILES string of the molecule is CCCN(C)c1c(F)cccc1CNCC. The van der Waals surface area contributed by atoms with E-state index in [0.29, 0.717) is 0 Å². The van der Waals surface area contributed by atoms with Crippen molar-refractivity contribution in [1.29, 1.82) is 0 Å². The quantitative estimate of drug-likeness (QED) is 0.799. The molecule has 0 amide bonds. The van der Waals surface area contributed by atoms with Gasteiger partial charge in [-0.3, -0.25) is 0 Å². The minimum Gasteiger partial charge on any atom is -0.372 e. The molecule has 0 heterocycles. The third-order valence-electron chi connectivity index (χ3n) is 2.58. The van der Waals surface area contributed by atoms with Crippen LogP contribution in [0.4, 0.5) is 10.1 Å². The van der Waals surface area contributed by atoms with Gasteiger partial charge in [-0.25, -0.2) is 4.39 Å². The van der Waals surface area contributed by atoms with Crippen molar-refractivity contribution in [2.24, 2.45) is 0 Å². The van der Waals surface area contributed by atoms with Gasteiger partial charge >= 0.3 is 0 Å². The molecule has 90 valence electrons. The number of nitrogens with zero attached hydrogens (tertiary/aromatic N) is 1. The topological polar surface area (TPSA) is 15.3 Å². The van der Waals surface area contributed by atoms with Gasteiger partial charge in [0.25, 0.3) is 0 Å². The summed E-state index contributed by atoms with van der Waals surface area (Å²) in [7, 11) is 1.94. The van der Waals surface area contributed by atoms with E-state index < -0.39 is 0 Å². The van der Waals surface area contributed by atoms with Gasteiger partial charge in [0.15, 0.2) is 0 Å². The van der Waals surface area contributed by atoms with Crippen molar-refractivity contribution in [3.05, 3.63) is 29.6 Å². The van der Waals surface area contributed by atoms with Gasteiger partial charge in [0, 0.05) is 20.1 Å². The number of benzene rings is 1. The number of nitrogens with one attached hydrogen (secondary N) is 1. The van der Waals surface area contributed by atoms with Crippen LogP contribution >= 0.6 is 0 Å². The van der Waals surface area contributed by atoms with Crippen molar-refractivity contribution in [3.63, 3.8) is 0 Å². The summed E-state index contributed by atoms with van der Waals surface area (Å²) >= 11 is 0. The van der Waals surface area contributed by atoms with E-state index in [-0.39, 0.29) is 5.82 Å². The monoisotopic (exact) mass is 224 g/mol. The molecule has 0 aliphatic heterocycles. The predicted molar refractivity (Wildman–Crippen MR) is 67.3 cm³/mol. The van der Waals surface area contributed by atoms with E-state index in [1.165, 1.54) is 6.07 Å². The molecule has 0 aliphatic rings. The Labute approximate surface area is 97.5 Å². The highest BCUT2D eigenvalue weighted by Gasteiger charge is 2.11. The Hall–Kier alpha value is -1.09.